The van der Waals surface area contributed by atoms with E-state index < -0.39 is 5.82 Å². The lowest BCUT2D eigenvalue weighted by Crippen LogP contribution is -2.22. The first kappa shape index (κ1) is 15.3. The second-order valence-electron chi connectivity index (χ2n) is 5.64. The Morgan fingerprint density at radius 1 is 1.24 bits per heavy atom. The summed E-state index contributed by atoms with van der Waals surface area (Å²) in [4.78, 5) is 15.2. The van der Waals surface area contributed by atoms with Crippen molar-refractivity contribution < 1.29 is 4.39 Å². The molecule has 25 heavy (non-hydrogen) atoms. The highest BCUT2D eigenvalue weighted by Crippen LogP contribution is 2.26. The number of nitrogens with one attached hydrogen (secondary N) is 2. The number of fused-ring (bicyclic) bond motifs is 1. The van der Waals surface area contributed by atoms with Crippen molar-refractivity contribution in [2.75, 3.05) is 30.0 Å². The van der Waals surface area contributed by atoms with Gasteiger partial charge in [0, 0.05) is 18.7 Å². The van der Waals surface area contributed by atoms with Crippen LogP contribution in [0.25, 0.3) is 11.0 Å². The molecule has 0 bridgehead atoms. The van der Waals surface area contributed by atoms with Crippen molar-refractivity contribution in [2.24, 2.45) is 0 Å². The summed E-state index contributed by atoms with van der Waals surface area (Å²) in [5.41, 5.74) is 2.10. The molecule has 1 aliphatic heterocycles. The van der Waals surface area contributed by atoms with Gasteiger partial charge in [-0.05, 0) is 30.3 Å². The minimum atomic E-state index is -0.411. The molecule has 0 radical (unpaired) electrons. The van der Waals surface area contributed by atoms with Gasteiger partial charge in [-0.2, -0.15) is 0 Å². The zero-order valence-electron chi connectivity index (χ0n) is 13.3. The van der Waals surface area contributed by atoms with E-state index in [2.05, 4.69) is 36.4 Å². The SMILES string of the molecule is C#Cc1ccc(F)c(Nc2ncnc3ccc(N4CCNC4)nc23)c1. The number of rotatable bonds is 3. The van der Waals surface area contributed by atoms with E-state index in [-0.39, 0.29) is 5.69 Å². The lowest BCUT2D eigenvalue weighted by Gasteiger charge is -2.16. The fourth-order valence-electron chi connectivity index (χ4n) is 2.74. The molecule has 2 aromatic heterocycles. The van der Waals surface area contributed by atoms with Gasteiger partial charge in [-0.15, -0.1) is 6.42 Å². The summed E-state index contributed by atoms with van der Waals surface area (Å²) >= 11 is 0. The van der Waals surface area contributed by atoms with Gasteiger partial charge in [-0.1, -0.05) is 5.92 Å². The third kappa shape index (κ3) is 2.95. The molecule has 0 amide bonds. The summed E-state index contributed by atoms with van der Waals surface area (Å²) in [5.74, 6) is 3.35. The van der Waals surface area contributed by atoms with Crippen LogP contribution in [-0.4, -0.2) is 34.7 Å². The average Bonchev–Trinajstić information content (AvgIpc) is 3.18. The number of terminal acetylenes is 1. The van der Waals surface area contributed by atoms with Gasteiger partial charge in [-0.25, -0.2) is 19.3 Å². The maximum absolute atomic E-state index is 14.1. The summed E-state index contributed by atoms with van der Waals surface area (Å²) < 4.78 is 14.1. The van der Waals surface area contributed by atoms with Gasteiger partial charge in [0.15, 0.2) is 5.82 Å². The number of anilines is 3. The molecule has 4 rings (SSSR count). The number of hydrogen-bond donors (Lipinski definition) is 2. The van der Waals surface area contributed by atoms with Crippen LogP contribution in [0.3, 0.4) is 0 Å². The third-order valence-electron chi connectivity index (χ3n) is 4.04. The predicted octanol–water partition coefficient (Wildman–Crippen LogP) is 2.26. The fraction of sp³-hybridized carbons (Fsp3) is 0.167. The van der Waals surface area contributed by atoms with Crippen molar-refractivity contribution in [3.63, 3.8) is 0 Å². The van der Waals surface area contributed by atoms with Crippen LogP contribution >= 0.6 is 0 Å². The smallest absolute Gasteiger partial charge is 0.160 e. The van der Waals surface area contributed by atoms with E-state index in [1.54, 1.807) is 12.1 Å². The van der Waals surface area contributed by atoms with Crippen molar-refractivity contribution in [2.45, 2.75) is 0 Å². The molecule has 6 nitrogen and oxygen atoms in total. The largest absolute Gasteiger partial charge is 0.343 e. The Balaban J connectivity index is 1.76. The van der Waals surface area contributed by atoms with Crippen LogP contribution in [0.2, 0.25) is 0 Å². The highest BCUT2D eigenvalue weighted by Gasteiger charge is 2.15. The average molecular weight is 334 g/mol. The Morgan fingerprint density at radius 3 is 2.96 bits per heavy atom. The molecular weight excluding hydrogens is 319 g/mol. The van der Waals surface area contributed by atoms with Gasteiger partial charge >= 0.3 is 0 Å². The Morgan fingerprint density at radius 2 is 2.16 bits per heavy atom. The summed E-state index contributed by atoms with van der Waals surface area (Å²) in [6, 6.07) is 8.26. The molecular formula is C18H15FN6. The van der Waals surface area contributed by atoms with E-state index >= 15 is 0 Å². The van der Waals surface area contributed by atoms with Crippen molar-refractivity contribution in [3.8, 4) is 12.3 Å². The van der Waals surface area contributed by atoms with Gasteiger partial charge in [-0.3, -0.25) is 5.32 Å². The monoisotopic (exact) mass is 334 g/mol. The minimum absolute atomic E-state index is 0.255. The summed E-state index contributed by atoms with van der Waals surface area (Å²) in [7, 11) is 0. The van der Waals surface area contributed by atoms with Crippen LogP contribution in [0, 0.1) is 18.2 Å². The highest BCUT2D eigenvalue weighted by molar-refractivity contribution is 5.88. The Bertz CT molecular complexity index is 975. The second-order valence-corrected chi connectivity index (χ2v) is 5.64. The molecule has 1 fully saturated rings. The summed E-state index contributed by atoms with van der Waals surface area (Å²) in [5, 5.41) is 6.25. The first-order valence-corrected chi connectivity index (χ1v) is 7.85. The zero-order chi connectivity index (χ0) is 17.2. The first-order chi connectivity index (χ1) is 12.2. The molecule has 1 saturated heterocycles. The molecule has 3 aromatic rings. The van der Waals surface area contributed by atoms with E-state index in [1.165, 1.54) is 12.4 Å². The molecule has 2 N–H and O–H groups in total. The van der Waals surface area contributed by atoms with Crippen molar-refractivity contribution in [3.05, 3.63) is 48.0 Å². The molecule has 0 unspecified atom stereocenters. The molecule has 3 heterocycles. The van der Waals surface area contributed by atoms with Crippen LogP contribution in [0.5, 0.6) is 0 Å². The van der Waals surface area contributed by atoms with E-state index in [1.807, 2.05) is 12.1 Å². The standard InChI is InChI=1S/C18H15FN6/c1-2-12-3-4-13(19)15(9-12)23-18-17-14(21-10-22-18)5-6-16(24-17)25-8-7-20-11-25/h1,3-6,9-10,20H,7-8,11H2,(H,21,22,23). The molecule has 1 aliphatic rings. The van der Waals surface area contributed by atoms with Crippen LogP contribution < -0.4 is 15.5 Å². The number of aromatic nitrogens is 3. The van der Waals surface area contributed by atoms with E-state index in [4.69, 9.17) is 6.42 Å². The van der Waals surface area contributed by atoms with Gasteiger partial charge < -0.3 is 10.2 Å². The number of hydrogen-bond acceptors (Lipinski definition) is 6. The van der Waals surface area contributed by atoms with Crippen molar-refractivity contribution in [1.82, 2.24) is 20.3 Å². The van der Waals surface area contributed by atoms with Crippen LogP contribution in [0.1, 0.15) is 5.56 Å². The summed E-state index contributed by atoms with van der Waals surface area (Å²) in [6.07, 6.45) is 6.82. The molecule has 124 valence electrons. The van der Waals surface area contributed by atoms with Crippen LogP contribution in [0.4, 0.5) is 21.7 Å². The maximum atomic E-state index is 14.1. The quantitative estimate of drug-likeness (QED) is 0.716. The first-order valence-electron chi connectivity index (χ1n) is 7.85. The van der Waals surface area contributed by atoms with Crippen LogP contribution in [0.15, 0.2) is 36.7 Å². The Kier molecular flexibility index (Phi) is 3.88. The molecule has 7 heteroatoms. The molecule has 0 saturated carbocycles. The Labute approximate surface area is 144 Å². The molecule has 1 aromatic carbocycles. The zero-order valence-corrected chi connectivity index (χ0v) is 13.3. The second kappa shape index (κ2) is 6.34. The van der Waals surface area contributed by atoms with Crippen LogP contribution in [-0.2, 0) is 0 Å². The minimum Gasteiger partial charge on any atom is -0.343 e. The topological polar surface area (TPSA) is 66.0 Å². The number of nitrogens with zero attached hydrogens (tertiary/aromatic N) is 4. The van der Waals surface area contributed by atoms with Crippen molar-refractivity contribution in [1.29, 1.82) is 0 Å². The molecule has 0 atom stereocenters. The highest BCUT2D eigenvalue weighted by atomic mass is 19.1. The van der Waals surface area contributed by atoms with E-state index in [0.717, 1.165) is 25.6 Å². The van der Waals surface area contributed by atoms with Gasteiger partial charge in [0.1, 0.15) is 23.5 Å². The lowest BCUT2D eigenvalue weighted by molar-refractivity contribution is 0.631. The van der Waals surface area contributed by atoms with Gasteiger partial charge in [0.25, 0.3) is 0 Å². The van der Waals surface area contributed by atoms with E-state index in [0.29, 0.717) is 22.4 Å². The number of benzene rings is 1. The van der Waals surface area contributed by atoms with Gasteiger partial charge in [0.2, 0.25) is 0 Å². The lowest BCUT2D eigenvalue weighted by atomic mass is 10.2. The fourth-order valence-corrected chi connectivity index (χ4v) is 2.74. The Hall–Kier alpha value is -3.24. The molecule has 0 aliphatic carbocycles. The maximum Gasteiger partial charge on any atom is 0.160 e. The number of pyridine rings is 1. The molecule has 0 spiro atoms. The van der Waals surface area contributed by atoms with Crippen molar-refractivity contribution >= 4 is 28.4 Å². The van der Waals surface area contributed by atoms with E-state index in [9.17, 15) is 4.39 Å². The normalized spacial score (nSPS) is 13.8. The van der Waals surface area contributed by atoms with Gasteiger partial charge in [0.05, 0.1) is 17.9 Å². The predicted molar refractivity (Wildman–Crippen MR) is 95.2 cm³/mol. The third-order valence-corrected chi connectivity index (χ3v) is 4.04. The summed E-state index contributed by atoms with van der Waals surface area (Å²) in [6.45, 7) is 2.54. The number of halogens is 1.